The van der Waals surface area contributed by atoms with Crippen molar-refractivity contribution in [1.29, 1.82) is 0 Å². The fourth-order valence-electron chi connectivity index (χ4n) is 1.83. The van der Waals surface area contributed by atoms with Gasteiger partial charge in [-0.05, 0) is 36.2 Å². The van der Waals surface area contributed by atoms with Gasteiger partial charge in [0.2, 0.25) is 0 Å². The Morgan fingerprint density at radius 2 is 2.06 bits per heavy atom. The second kappa shape index (κ2) is 5.94. The standard InChI is InChI=1S/C14H14ClFN2/c15-14-8-11(16)5-4-10(14)7-12(17)9-13-3-1-2-6-18-13/h1-6,8,12H,7,9,17H2. The summed E-state index contributed by atoms with van der Waals surface area (Å²) in [7, 11) is 0. The predicted octanol–water partition coefficient (Wildman–Crippen LogP) is 2.99. The van der Waals surface area contributed by atoms with E-state index in [0.29, 0.717) is 17.9 Å². The van der Waals surface area contributed by atoms with Crippen LogP contribution in [0.3, 0.4) is 0 Å². The van der Waals surface area contributed by atoms with Crippen LogP contribution in [0.1, 0.15) is 11.3 Å². The van der Waals surface area contributed by atoms with Crippen LogP contribution in [0.4, 0.5) is 4.39 Å². The number of pyridine rings is 1. The summed E-state index contributed by atoms with van der Waals surface area (Å²) >= 11 is 5.97. The molecular weight excluding hydrogens is 251 g/mol. The van der Waals surface area contributed by atoms with Crippen LogP contribution in [0.5, 0.6) is 0 Å². The van der Waals surface area contributed by atoms with E-state index in [-0.39, 0.29) is 11.9 Å². The lowest BCUT2D eigenvalue weighted by Gasteiger charge is -2.12. The SMILES string of the molecule is NC(Cc1ccccn1)Cc1ccc(F)cc1Cl. The Morgan fingerprint density at radius 1 is 1.22 bits per heavy atom. The number of nitrogens with zero attached hydrogens (tertiary/aromatic N) is 1. The molecule has 1 atom stereocenters. The summed E-state index contributed by atoms with van der Waals surface area (Å²) in [4.78, 5) is 4.22. The molecular formula is C14H14ClFN2. The van der Waals surface area contributed by atoms with Gasteiger partial charge in [0, 0.05) is 29.4 Å². The Morgan fingerprint density at radius 3 is 2.72 bits per heavy atom. The largest absolute Gasteiger partial charge is 0.327 e. The molecule has 2 nitrogen and oxygen atoms in total. The number of hydrogen-bond donors (Lipinski definition) is 1. The lowest BCUT2D eigenvalue weighted by Crippen LogP contribution is -2.26. The molecule has 94 valence electrons. The molecule has 2 aromatic rings. The van der Waals surface area contributed by atoms with Gasteiger partial charge < -0.3 is 5.73 Å². The maximum absolute atomic E-state index is 12.9. The Hall–Kier alpha value is -1.45. The lowest BCUT2D eigenvalue weighted by molar-refractivity contribution is 0.622. The van der Waals surface area contributed by atoms with E-state index >= 15 is 0 Å². The molecule has 1 unspecified atom stereocenters. The van der Waals surface area contributed by atoms with E-state index in [9.17, 15) is 4.39 Å². The molecule has 18 heavy (non-hydrogen) atoms. The summed E-state index contributed by atoms with van der Waals surface area (Å²) < 4.78 is 12.9. The Labute approximate surface area is 111 Å². The zero-order chi connectivity index (χ0) is 13.0. The molecule has 0 fully saturated rings. The maximum Gasteiger partial charge on any atom is 0.124 e. The first-order valence-corrected chi connectivity index (χ1v) is 6.12. The van der Waals surface area contributed by atoms with Crippen LogP contribution >= 0.6 is 11.6 Å². The van der Waals surface area contributed by atoms with E-state index in [1.165, 1.54) is 12.1 Å². The summed E-state index contributed by atoms with van der Waals surface area (Å²) in [5.74, 6) is -0.331. The topological polar surface area (TPSA) is 38.9 Å². The van der Waals surface area contributed by atoms with Crippen molar-refractivity contribution >= 4 is 11.6 Å². The third kappa shape index (κ3) is 3.52. The minimum absolute atomic E-state index is 0.0807. The van der Waals surface area contributed by atoms with Gasteiger partial charge in [0.05, 0.1) is 0 Å². The summed E-state index contributed by atoms with van der Waals surface area (Å²) in [5, 5.41) is 0.423. The predicted molar refractivity (Wildman–Crippen MR) is 71.0 cm³/mol. The van der Waals surface area contributed by atoms with Crippen molar-refractivity contribution in [3.05, 3.63) is 64.7 Å². The number of nitrogens with two attached hydrogens (primary N) is 1. The summed E-state index contributed by atoms with van der Waals surface area (Å²) in [6, 6.07) is 10.0. The van der Waals surface area contributed by atoms with Gasteiger partial charge in [0.1, 0.15) is 5.82 Å². The Kier molecular flexibility index (Phi) is 4.28. The first-order chi connectivity index (χ1) is 8.65. The van der Waals surface area contributed by atoms with Crippen LogP contribution in [-0.4, -0.2) is 11.0 Å². The molecule has 0 aliphatic carbocycles. The van der Waals surface area contributed by atoms with E-state index in [1.807, 2.05) is 18.2 Å². The smallest absolute Gasteiger partial charge is 0.124 e. The number of halogens is 2. The molecule has 0 saturated heterocycles. The van der Waals surface area contributed by atoms with E-state index < -0.39 is 0 Å². The summed E-state index contributed by atoms with van der Waals surface area (Å²) in [6.07, 6.45) is 3.02. The highest BCUT2D eigenvalue weighted by Gasteiger charge is 2.09. The van der Waals surface area contributed by atoms with Gasteiger partial charge in [-0.2, -0.15) is 0 Å². The molecule has 0 spiro atoms. The fraction of sp³-hybridized carbons (Fsp3) is 0.214. The molecule has 0 radical (unpaired) electrons. The number of rotatable bonds is 4. The zero-order valence-corrected chi connectivity index (χ0v) is 10.6. The first-order valence-electron chi connectivity index (χ1n) is 5.74. The fourth-order valence-corrected chi connectivity index (χ4v) is 2.07. The van der Waals surface area contributed by atoms with Crippen LogP contribution in [0, 0.1) is 5.82 Å². The lowest BCUT2D eigenvalue weighted by atomic mass is 10.0. The third-order valence-corrected chi connectivity index (χ3v) is 3.05. The van der Waals surface area contributed by atoms with Crippen LogP contribution in [0.25, 0.3) is 0 Å². The quantitative estimate of drug-likeness (QED) is 0.922. The van der Waals surface area contributed by atoms with Crippen LogP contribution in [0.2, 0.25) is 5.02 Å². The highest BCUT2D eigenvalue weighted by molar-refractivity contribution is 6.31. The van der Waals surface area contributed by atoms with Gasteiger partial charge >= 0.3 is 0 Å². The van der Waals surface area contributed by atoms with Crippen LogP contribution < -0.4 is 5.73 Å². The number of aromatic nitrogens is 1. The highest BCUT2D eigenvalue weighted by Crippen LogP contribution is 2.19. The van der Waals surface area contributed by atoms with E-state index in [1.54, 1.807) is 12.3 Å². The van der Waals surface area contributed by atoms with Crippen molar-refractivity contribution in [2.45, 2.75) is 18.9 Å². The van der Waals surface area contributed by atoms with E-state index in [2.05, 4.69) is 4.98 Å². The first kappa shape index (κ1) is 13.0. The van der Waals surface area contributed by atoms with Crippen molar-refractivity contribution in [3.8, 4) is 0 Å². The van der Waals surface area contributed by atoms with Crippen molar-refractivity contribution in [3.63, 3.8) is 0 Å². The Bertz CT molecular complexity index is 516. The van der Waals surface area contributed by atoms with Gasteiger partial charge in [-0.15, -0.1) is 0 Å². The molecule has 2 N–H and O–H groups in total. The zero-order valence-electron chi connectivity index (χ0n) is 9.81. The maximum atomic E-state index is 12.9. The van der Waals surface area contributed by atoms with Gasteiger partial charge in [-0.3, -0.25) is 4.98 Å². The van der Waals surface area contributed by atoms with Gasteiger partial charge in [-0.25, -0.2) is 4.39 Å². The molecule has 0 aliphatic heterocycles. The monoisotopic (exact) mass is 264 g/mol. The van der Waals surface area contributed by atoms with E-state index in [0.717, 1.165) is 11.3 Å². The van der Waals surface area contributed by atoms with Crippen molar-refractivity contribution in [2.75, 3.05) is 0 Å². The normalized spacial score (nSPS) is 12.4. The second-order valence-corrected chi connectivity index (χ2v) is 4.63. The van der Waals surface area contributed by atoms with Crippen LogP contribution in [0.15, 0.2) is 42.6 Å². The molecule has 1 aromatic heterocycles. The molecule has 0 bridgehead atoms. The van der Waals surface area contributed by atoms with Crippen molar-refractivity contribution in [2.24, 2.45) is 5.73 Å². The Balaban J connectivity index is 2.01. The van der Waals surface area contributed by atoms with Crippen molar-refractivity contribution in [1.82, 2.24) is 4.98 Å². The van der Waals surface area contributed by atoms with Gasteiger partial charge in [0.15, 0.2) is 0 Å². The molecule has 1 aromatic carbocycles. The summed E-state index contributed by atoms with van der Waals surface area (Å²) in [6.45, 7) is 0. The highest BCUT2D eigenvalue weighted by atomic mass is 35.5. The molecule has 0 amide bonds. The molecule has 0 saturated carbocycles. The van der Waals surface area contributed by atoms with E-state index in [4.69, 9.17) is 17.3 Å². The molecule has 0 aliphatic rings. The number of benzene rings is 1. The minimum atomic E-state index is -0.331. The minimum Gasteiger partial charge on any atom is -0.327 e. The van der Waals surface area contributed by atoms with Crippen LogP contribution in [-0.2, 0) is 12.8 Å². The average Bonchev–Trinajstić information content (AvgIpc) is 2.34. The third-order valence-electron chi connectivity index (χ3n) is 2.69. The van der Waals surface area contributed by atoms with Gasteiger partial charge in [0.25, 0.3) is 0 Å². The molecule has 2 rings (SSSR count). The molecule has 1 heterocycles. The second-order valence-electron chi connectivity index (χ2n) is 4.23. The molecule has 4 heteroatoms. The number of hydrogen-bond acceptors (Lipinski definition) is 2. The van der Waals surface area contributed by atoms with Crippen molar-refractivity contribution < 1.29 is 4.39 Å². The summed E-state index contributed by atoms with van der Waals surface area (Å²) in [5.41, 5.74) is 7.86. The average molecular weight is 265 g/mol. The van der Waals surface area contributed by atoms with Gasteiger partial charge in [-0.1, -0.05) is 23.7 Å².